The van der Waals surface area contributed by atoms with E-state index in [0.29, 0.717) is 5.56 Å². The van der Waals surface area contributed by atoms with E-state index in [1.807, 2.05) is 12.1 Å². The fourth-order valence-electron chi connectivity index (χ4n) is 7.63. The first-order valence-corrected chi connectivity index (χ1v) is 16.4. The van der Waals surface area contributed by atoms with Crippen LogP contribution in [0.25, 0.3) is 83.1 Å². The summed E-state index contributed by atoms with van der Waals surface area (Å²) in [5, 5.41) is 15.8. The van der Waals surface area contributed by atoms with E-state index in [-0.39, 0.29) is 0 Å². The number of hydrogen-bond donors (Lipinski definition) is 0. The highest BCUT2D eigenvalue weighted by Crippen LogP contribution is 2.40. The van der Waals surface area contributed by atoms with Crippen LogP contribution in [0.5, 0.6) is 0 Å². The highest BCUT2D eigenvalue weighted by molar-refractivity contribution is 6.11. The summed E-state index contributed by atoms with van der Waals surface area (Å²) in [5.41, 5.74) is 10.2. The average Bonchev–Trinajstić information content (AvgIpc) is 3.83. The molecule has 0 atom stereocenters. The molecule has 0 saturated heterocycles. The molecule has 0 spiro atoms. The Morgan fingerprint density at radius 3 is 1.31 bits per heavy atom. The molecule has 10 rings (SSSR count). The molecule has 0 aliphatic rings. The van der Waals surface area contributed by atoms with Crippen LogP contribution >= 0.6 is 0 Å². The Balaban J connectivity index is 1.40. The Labute approximate surface area is 281 Å². The third-order valence-corrected chi connectivity index (χ3v) is 9.68. The molecule has 0 aliphatic heterocycles. The van der Waals surface area contributed by atoms with Crippen LogP contribution in [0.1, 0.15) is 5.56 Å². The standard InChI is InChI=1S/C44H27N5/c45-28-35-42(48-37-21-9-4-16-31(37)32-17-5-10-22-38(32)48)26-29(44-46-36-20-8-13-25-41(36)47(44)30-14-2-1-3-15-30)27-43(35)49-39-23-11-6-18-33(39)34-19-7-12-24-40(34)49/h1-27H. The van der Waals surface area contributed by atoms with E-state index in [4.69, 9.17) is 4.98 Å². The average molecular weight is 626 g/mol. The van der Waals surface area contributed by atoms with E-state index in [1.165, 1.54) is 0 Å². The minimum Gasteiger partial charge on any atom is -0.308 e. The summed E-state index contributed by atoms with van der Waals surface area (Å²) < 4.78 is 6.72. The Morgan fingerprint density at radius 1 is 0.429 bits per heavy atom. The van der Waals surface area contributed by atoms with Crippen molar-refractivity contribution in [2.75, 3.05) is 0 Å². The summed E-state index contributed by atoms with van der Waals surface area (Å²) in [7, 11) is 0. The van der Waals surface area contributed by atoms with Crippen molar-refractivity contribution in [2.45, 2.75) is 0 Å². The summed E-state index contributed by atoms with van der Waals surface area (Å²) in [6, 6.07) is 59.4. The van der Waals surface area contributed by atoms with Crippen molar-refractivity contribution in [1.82, 2.24) is 18.7 Å². The number of nitrogens with zero attached hydrogens (tertiary/aromatic N) is 5. The lowest BCUT2D eigenvalue weighted by Crippen LogP contribution is -2.06. The van der Waals surface area contributed by atoms with Crippen molar-refractivity contribution in [1.29, 1.82) is 5.26 Å². The fraction of sp³-hybridized carbons (Fsp3) is 0. The lowest BCUT2D eigenvalue weighted by Gasteiger charge is -2.18. The van der Waals surface area contributed by atoms with Gasteiger partial charge in [-0.3, -0.25) is 4.57 Å². The number of fused-ring (bicyclic) bond motifs is 7. The minimum atomic E-state index is 0.587. The Kier molecular flexibility index (Phi) is 5.87. The molecule has 0 radical (unpaired) electrons. The van der Waals surface area contributed by atoms with E-state index >= 15 is 0 Å². The molecule has 10 aromatic rings. The lowest BCUT2D eigenvalue weighted by molar-refractivity contribution is 1.08. The number of benzene rings is 7. The quantitative estimate of drug-likeness (QED) is 0.195. The summed E-state index contributed by atoms with van der Waals surface area (Å²) in [4.78, 5) is 5.27. The second kappa shape index (κ2) is 10.6. The molecule has 49 heavy (non-hydrogen) atoms. The van der Waals surface area contributed by atoms with Crippen molar-refractivity contribution >= 4 is 54.6 Å². The van der Waals surface area contributed by atoms with Crippen molar-refractivity contribution in [3.63, 3.8) is 0 Å². The van der Waals surface area contributed by atoms with Crippen LogP contribution in [0.15, 0.2) is 164 Å². The maximum absolute atomic E-state index is 11.2. The minimum absolute atomic E-state index is 0.587. The van der Waals surface area contributed by atoms with Crippen LogP contribution in [0.2, 0.25) is 0 Å². The molecule has 5 nitrogen and oxygen atoms in total. The first kappa shape index (κ1) is 27.2. The summed E-state index contributed by atoms with van der Waals surface area (Å²) in [6.07, 6.45) is 0. The van der Waals surface area contributed by atoms with Crippen LogP contribution in [0.3, 0.4) is 0 Å². The van der Waals surface area contributed by atoms with E-state index < -0.39 is 0 Å². The first-order chi connectivity index (χ1) is 24.3. The van der Waals surface area contributed by atoms with Gasteiger partial charge < -0.3 is 9.13 Å². The van der Waals surface area contributed by atoms with E-state index in [9.17, 15) is 5.26 Å². The van der Waals surface area contributed by atoms with Crippen LogP contribution in [0.4, 0.5) is 0 Å². The van der Waals surface area contributed by atoms with Crippen LogP contribution in [-0.2, 0) is 0 Å². The zero-order chi connectivity index (χ0) is 32.5. The monoisotopic (exact) mass is 625 g/mol. The summed E-state index contributed by atoms with van der Waals surface area (Å²) >= 11 is 0. The second-order valence-electron chi connectivity index (χ2n) is 12.3. The van der Waals surface area contributed by atoms with Gasteiger partial charge in [0.2, 0.25) is 0 Å². The molecule has 228 valence electrons. The van der Waals surface area contributed by atoms with Crippen LogP contribution in [-0.4, -0.2) is 18.7 Å². The highest BCUT2D eigenvalue weighted by atomic mass is 15.1. The zero-order valence-electron chi connectivity index (χ0n) is 26.3. The SMILES string of the molecule is N#Cc1c(-n2c3ccccc3c3ccccc32)cc(-c2nc3ccccc3n2-c2ccccc2)cc1-n1c2ccccc2c2ccccc21. The van der Waals surface area contributed by atoms with Crippen molar-refractivity contribution in [3.8, 4) is 34.5 Å². The zero-order valence-corrected chi connectivity index (χ0v) is 26.3. The van der Waals surface area contributed by atoms with Gasteiger partial charge in [-0.25, -0.2) is 4.98 Å². The number of hydrogen-bond acceptors (Lipinski definition) is 2. The molecule has 0 bridgehead atoms. The van der Waals surface area contributed by atoms with Crippen molar-refractivity contribution in [2.24, 2.45) is 0 Å². The van der Waals surface area contributed by atoms with Gasteiger partial charge in [-0.15, -0.1) is 0 Å². The molecule has 0 amide bonds. The van der Waals surface area contributed by atoms with Crippen molar-refractivity contribution in [3.05, 3.63) is 169 Å². The topological polar surface area (TPSA) is 51.5 Å². The fourth-order valence-corrected chi connectivity index (χ4v) is 7.63. The smallest absolute Gasteiger partial charge is 0.145 e. The Morgan fingerprint density at radius 2 is 0.837 bits per heavy atom. The number of aromatic nitrogens is 4. The second-order valence-corrected chi connectivity index (χ2v) is 12.3. The van der Waals surface area contributed by atoms with Gasteiger partial charge in [-0.1, -0.05) is 103 Å². The largest absolute Gasteiger partial charge is 0.308 e. The van der Waals surface area contributed by atoms with E-state index in [1.54, 1.807) is 0 Å². The molecule has 3 heterocycles. The predicted octanol–water partition coefficient (Wildman–Crippen LogP) is 10.8. The predicted molar refractivity (Wildman–Crippen MR) is 200 cm³/mol. The van der Waals surface area contributed by atoms with Gasteiger partial charge >= 0.3 is 0 Å². The van der Waals surface area contributed by atoms with Crippen molar-refractivity contribution < 1.29 is 0 Å². The lowest BCUT2D eigenvalue weighted by atomic mass is 10.0. The number of imidazole rings is 1. The maximum atomic E-state index is 11.2. The molecule has 3 aromatic heterocycles. The maximum Gasteiger partial charge on any atom is 0.145 e. The Hall–Kier alpha value is -6.90. The first-order valence-electron chi connectivity index (χ1n) is 16.4. The summed E-state index contributed by atoms with van der Waals surface area (Å²) in [5.74, 6) is 0.806. The third-order valence-electron chi connectivity index (χ3n) is 9.68. The molecule has 7 aromatic carbocycles. The molecule has 0 saturated carbocycles. The molecule has 0 N–H and O–H groups in total. The third kappa shape index (κ3) is 3.95. The van der Waals surface area contributed by atoms with E-state index in [2.05, 4.69) is 171 Å². The van der Waals surface area contributed by atoms with Crippen LogP contribution in [0, 0.1) is 11.3 Å². The van der Waals surface area contributed by atoms with Gasteiger partial charge in [0.1, 0.15) is 17.5 Å². The molecular formula is C44H27N5. The molecule has 0 unspecified atom stereocenters. The van der Waals surface area contributed by atoms with Gasteiger partial charge in [-0.05, 0) is 60.7 Å². The van der Waals surface area contributed by atoms with Gasteiger partial charge in [0.15, 0.2) is 0 Å². The van der Waals surface area contributed by atoms with Gasteiger partial charge in [0.25, 0.3) is 0 Å². The van der Waals surface area contributed by atoms with Gasteiger partial charge in [0.05, 0.1) is 44.5 Å². The molecule has 0 fully saturated rings. The number of rotatable bonds is 4. The molecule has 0 aliphatic carbocycles. The normalized spacial score (nSPS) is 11.7. The Bertz CT molecular complexity index is 2710. The highest BCUT2D eigenvalue weighted by Gasteiger charge is 2.24. The molecule has 5 heteroatoms. The number of para-hydroxylation sites is 7. The van der Waals surface area contributed by atoms with Crippen LogP contribution < -0.4 is 0 Å². The number of nitriles is 1. The van der Waals surface area contributed by atoms with Gasteiger partial charge in [-0.2, -0.15) is 5.26 Å². The molecular weight excluding hydrogens is 599 g/mol. The van der Waals surface area contributed by atoms with Gasteiger partial charge in [0, 0.05) is 32.8 Å². The summed E-state index contributed by atoms with van der Waals surface area (Å²) in [6.45, 7) is 0. The van der Waals surface area contributed by atoms with E-state index in [0.717, 1.165) is 83.1 Å².